The van der Waals surface area contributed by atoms with Gasteiger partial charge in [0.25, 0.3) is 0 Å². The summed E-state index contributed by atoms with van der Waals surface area (Å²) in [6.07, 6.45) is -8.02. The van der Waals surface area contributed by atoms with Gasteiger partial charge in [-0.1, -0.05) is 12.1 Å². The molecule has 10 heteroatoms. The van der Waals surface area contributed by atoms with E-state index in [1.807, 2.05) is 0 Å². The molecule has 2 atom stereocenters. The number of phenols is 1. The van der Waals surface area contributed by atoms with Crippen LogP contribution < -0.4 is 4.74 Å². The van der Waals surface area contributed by atoms with Gasteiger partial charge in [0.1, 0.15) is 11.5 Å². The lowest BCUT2D eigenvalue weighted by molar-refractivity contribution is -0.281. The van der Waals surface area contributed by atoms with E-state index in [1.54, 1.807) is 6.07 Å². The van der Waals surface area contributed by atoms with Gasteiger partial charge in [-0.3, -0.25) is 0 Å². The Bertz CT molecular complexity index is 1000. The maximum atomic E-state index is 13.0. The van der Waals surface area contributed by atoms with Crippen molar-refractivity contribution in [3.05, 3.63) is 58.7 Å². The van der Waals surface area contributed by atoms with E-state index in [0.29, 0.717) is 29.7 Å². The second-order valence-electron chi connectivity index (χ2n) is 8.12. The Morgan fingerprint density at radius 2 is 1.24 bits per heavy atom. The Morgan fingerprint density at radius 3 is 1.70 bits per heavy atom. The number of alkyl halides is 6. The molecule has 0 saturated heterocycles. The molecule has 2 heterocycles. The predicted octanol–water partition coefficient (Wildman–Crippen LogP) is 5.79. The van der Waals surface area contributed by atoms with Crippen LogP contribution in [0.5, 0.6) is 11.5 Å². The first-order valence-electron chi connectivity index (χ1n) is 10.1. The quantitative estimate of drug-likeness (QED) is 0.528. The van der Waals surface area contributed by atoms with E-state index in [4.69, 9.17) is 14.2 Å². The van der Waals surface area contributed by atoms with Crippen LogP contribution in [0, 0.1) is 0 Å². The van der Waals surface area contributed by atoms with Gasteiger partial charge in [0.15, 0.2) is 11.2 Å². The van der Waals surface area contributed by atoms with E-state index < -0.39 is 23.6 Å². The summed E-state index contributed by atoms with van der Waals surface area (Å²) in [7, 11) is 1.49. The molecule has 2 aromatic carbocycles. The van der Waals surface area contributed by atoms with Crippen LogP contribution in [0.3, 0.4) is 0 Å². The Hall–Kier alpha value is -2.46. The third kappa shape index (κ3) is 4.63. The van der Waals surface area contributed by atoms with Gasteiger partial charge in [-0.15, -0.1) is 0 Å². The van der Waals surface area contributed by atoms with Crippen LogP contribution >= 0.6 is 0 Å². The number of fused-ring (bicyclic) bond motifs is 2. The van der Waals surface area contributed by atoms with Gasteiger partial charge in [-0.05, 0) is 73.2 Å². The largest absolute Gasteiger partial charge is 0.508 e. The third-order valence-electron chi connectivity index (χ3n) is 6.04. The first-order valence-corrected chi connectivity index (χ1v) is 10.1. The zero-order valence-electron chi connectivity index (χ0n) is 18.2. The summed E-state index contributed by atoms with van der Waals surface area (Å²) in [5, 5.41) is 9.24. The number of benzene rings is 2. The van der Waals surface area contributed by atoms with Crippen molar-refractivity contribution in [3.8, 4) is 11.5 Å². The van der Waals surface area contributed by atoms with E-state index in [0.717, 1.165) is 13.8 Å². The van der Waals surface area contributed by atoms with Crippen molar-refractivity contribution in [1.29, 1.82) is 0 Å². The fraction of sp³-hybridized carbons (Fsp3) is 0.478. The van der Waals surface area contributed by atoms with Crippen LogP contribution in [0.25, 0.3) is 0 Å². The zero-order valence-corrected chi connectivity index (χ0v) is 18.2. The Kier molecular flexibility index (Phi) is 6.65. The molecule has 0 aliphatic carbocycles. The lowest BCUT2D eigenvalue weighted by atomic mass is 9.87. The van der Waals surface area contributed by atoms with E-state index in [1.165, 1.54) is 37.4 Å². The molecule has 0 fully saturated rings. The molecule has 0 saturated carbocycles. The van der Waals surface area contributed by atoms with Gasteiger partial charge in [-0.2, -0.15) is 26.3 Å². The number of ether oxygens (including phenoxy) is 3. The van der Waals surface area contributed by atoms with Crippen LogP contribution in [-0.4, -0.2) is 37.8 Å². The van der Waals surface area contributed by atoms with Crippen LogP contribution in [0.15, 0.2) is 36.4 Å². The first kappa shape index (κ1) is 25.2. The molecule has 4 rings (SSSR count). The topological polar surface area (TPSA) is 47.9 Å². The molecule has 2 aliphatic rings. The fourth-order valence-corrected chi connectivity index (χ4v) is 3.98. The molecular formula is C23H24F6O4. The highest BCUT2D eigenvalue weighted by Crippen LogP contribution is 2.47. The summed E-state index contributed by atoms with van der Waals surface area (Å²) in [5.74, 6) is 0.542. The van der Waals surface area contributed by atoms with Gasteiger partial charge in [0.2, 0.25) is 0 Å². The molecule has 4 nitrogen and oxygen atoms in total. The van der Waals surface area contributed by atoms with Crippen LogP contribution in [-0.2, 0) is 33.5 Å². The molecule has 2 aliphatic heterocycles. The standard InChI is InChI=1S/C12H13F3O2.C11H11F3O2/c1-11(12(13,14)15)10-4-3-9(16-2)7-8(10)5-6-17-11;1-10(11(12,13)14)9-3-2-8(15)6-7(9)4-5-16-10/h3-4,7H,5-6H2,1-2H3;2-3,6,15H,4-5H2,1H3. The molecule has 0 aromatic heterocycles. The summed E-state index contributed by atoms with van der Waals surface area (Å²) in [6, 6.07) is 8.48. The van der Waals surface area contributed by atoms with Gasteiger partial charge >= 0.3 is 12.4 Å². The van der Waals surface area contributed by atoms with Crippen LogP contribution in [0.1, 0.15) is 36.1 Å². The predicted molar refractivity (Wildman–Crippen MR) is 107 cm³/mol. The Morgan fingerprint density at radius 1 is 0.788 bits per heavy atom. The van der Waals surface area contributed by atoms with Crippen molar-refractivity contribution in [2.24, 2.45) is 0 Å². The molecule has 0 radical (unpaired) electrons. The number of methoxy groups -OCH3 is 1. The van der Waals surface area contributed by atoms with Crippen molar-refractivity contribution >= 4 is 0 Å². The van der Waals surface area contributed by atoms with Gasteiger partial charge in [-0.25, -0.2) is 0 Å². The second-order valence-corrected chi connectivity index (χ2v) is 8.12. The van der Waals surface area contributed by atoms with Crippen LogP contribution in [0.4, 0.5) is 26.3 Å². The molecular weight excluding hydrogens is 454 g/mol. The molecule has 2 unspecified atom stereocenters. The highest BCUT2D eigenvalue weighted by atomic mass is 19.4. The average Bonchev–Trinajstić information content (AvgIpc) is 2.72. The molecule has 0 spiro atoms. The van der Waals surface area contributed by atoms with Crippen molar-refractivity contribution in [3.63, 3.8) is 0 Å². The van der Waals surface area contributed by atoms with Gasteiger partial charge < -0.3 is 19.3 Å². The number of halogens is 6. The molecule has 0 bridgehead atoms. The molecule has 2 aromatic rings. The SMILES string of the molecule is CC1(C(F)(F)F)OCCc2cc(O)ccc21.COc1ccc2c(c1)CCOC2(C)C(F)(F)F. The van der Waals surface area contributed by atoms with E-state index in [-0.39, 0.29) is 30.1 Å². The minimum absolute atomic E-state index is 0.00641. The summed E-state index contributed by atoms with van der Waals surface area (Å²) < 4.78 is 92.7. The van der Waals surface area contributed by atoms with Crippen molar-refractivity contribution < 1.29 is 45.7 Å². The summed E-state index contributed by atoms with van der Waals surface area (Å²) >= 11 is 0. The van der Waals surface area contributed by atoms with Crippen LogP contribution in [0.2, 0.25) is 0 Å². The summed E-state index contributed by atoms with van der Waals surface area (Å²) in [4.78, 5) is 0. The molecule has 182 valence electrons. The molecule has 33 heavy (non-hydrogen) atoms. The number of rotatable bonds is 1. The third-order valence-corrected chi connectivity index (χ3v) is 6.04. The van der Waals surface area contributed by atoms with Gasteiger partial charge in [0, 0.05) is 0 Å². The second kappa shape index (κ2) is 8.72. The van der Waals surface area contributed by atoms with Crippen molar-refractivity contribution in [1.82, 2.24) is 0 Å². The lowest BCUT2D eigenvalue weighted by Gasteiger charge is -2.37. The minimum atomic E-state index is -4.46. The van der Waals surface area contributed by atoms with Gasteiger partial charge in [0.05, 0.1) is 20.3 Å². The molecule has 1 N–H and O–H groups in total. The lowest BCUT2D eigenvalue weighted by Crippen LogP contribution is -2.45. The highest BCUT2D eigenvalue weighted by Gasteiger charge is 2.56. The van der Waals surface area contributed by atoms with E-state index in [2.05, 4.69) is 0 Å². The summed E-state index contributed by atoms with van der Waals surface area (Å²) in [6.45, 7) is 2.15. The number of hydrogen-bond donors (Lipinski definition) is 1. The summed E-state index contributed by atoms with van der Waals surface area (Å²) in [5.41, 5.74) is -3.09. The number of phenolic OH excluding ortho intramolecular Hbond substituents is 1. The highest BCUT2D eigenvalue weighted by molar-refractivity contribution is 5.41. The minimum Gasteiger partial charge on any atom is -0.508 e. The zero-order chi connectivity index (χ0) is 24.7. The monoisotopic (exact) mass is 478 g/mol. The fourth-order valence-electron chi connectivity index (χ4n) is 3.98. The number of aromatic hydroxyl groups is 1. The van der Waals surface area contributed by atoms with E-state index in [9.17, 15) is 31.4 Å². The maximum absolute atomic E-state index is 13.0. The van der Waals surface area contributed by atoms with Crippen molar-refractivity contribution in [2.75, 3.05) is 20.3 Å². The number of hydrogen-bond acceptors (Lipinski definition) is 4. The molecule has 0 amide bonds. The normalized spacial score (nSPS) is 24.8. The smallest absolute Gasteiger partial charge is 0.421 e. The average molecular weight is 478 g/mol. The Balaban J connectivity index is 0.000000186. The Labute approximate surface area is 187 Å². The first-order chi connectivity index (χ1) is 15.2. The maximum Gasteiger partial charge on any atom is 0.421 e. The van der Waals surface area contributed by atoms with E-state index >= 15 is 0 Å². The van der Waals surface area contributed by atoms with Crippen molar-refractivity contribution in [2.45, 2.75) is 50.2 Å².